The number of benzene rings is 3. The van der Waals surface area contributed by atoms with E-state index in [0.717, 1.165) is 6.42 Å². The molecule has 0 aliphatic carbocycles. The Bertz CT molecular complexity index is 1070. The highest BCUT2D eigenvalue weighted by atomic mass is 32.2. The monoisotopic (exact) mass is 426 g/mol. The molecule has 0 spiro atoms. The molecule has 0 bridgehead atoms. The van der Waals surface area contributed by atoms with Gasteiger partial charge in [0.15, 0.2) is 0 Å². The number of ether oxygens (including phenoxy) is 1. The minimum Gasteiger partial charge on any atom is -0.494 e. The van der Waals surface area contributed by atoms with Crippen LogP contribution >= 0.6 is 0 Å². The molecule has 30 heavy (non-hydrogen) atoms. The minimum absolute atomic E-state index is 0.0239. The molecule has 0 unspecified atom stereocenters. The largest absolute Gasteiger partial charge is 0.494 e. The molecule has 3 aromatic carbocycles. The Morgan fingerprint density at radius 3 is 1.97 bits per heavy atom. The van der Waals surface area contributed by atoms with Crippen molar-refractivity contribution in [2.45, 2.75) is 18.2 Å². The topological polar surface area (TPSA) is 93.7 Å². The van der Waals surface area contributed by atoms with Gasteiger partial charge in [0.1, 0.15) is 16.4 Å². The normalized spacial score (nSPS) is 10.8. The van der Waals surface area contributed by atoms with Gasteiger partial charge >= 0.3 is 16.1 Å². The molecule has 0 saturated heterocycles. The molecule has 3 rings (SSSR count). The molecule has 0 aliphatic heterocycles. The number of urea groups is 1. The van der Waals surface area contributed by atoms with Crippen LogP contribution in [0.4, 0.5) is 16.2 Å². The molecular weight excluding hydrogens is 404 g/mol. The molecule has 156 valence electrons. The molecule has 0 aliphatic rings. The molecule has 8 heteroatoms. The Kier molecular flexibility index (Phi) is 6.92. The standard InChI is InChI=1S/C22H22N2O5S/c1-2-16-28-19-12-14-21(15-13-19)30(26,27)29-20-10-8-18(9-11-20)24-22(25)23-17-6-4-3-5-7-17/h3-15H,2,16H2,1H3,(H2,23,24,25). The van der Waals surface area contributed by atoms with Gasteiger partial charge in [-0.25, -0.2) is 4.79 Å². The van der Waals surface area contributed by atoms with Gasteiger partial charge in [0.25, 0.3) is 0 Å². The maximum atomic E-state index is 12.5. The number of hydrogen-bond donors (Lipinski definition) is 2. The summed E-state index contributed by atoms with van der Waals surface area (Å²) in [7, 11) is -3.98. The van der Waals surface area contributed by atoms with E-state index in [4.69, 9.17) is 8.92 Å². The molecule has 0 radical (unpaired) electrons. The molecule has 0 heterocycles. The number of amides is 2. The highest BCUT2D eigenvalue weighted by Crippen LogP contribution is 2.22. The van der Waals surface area contributed by atoms with E-state index < -0.39 is 16.1 Å². The number of hydrogen-bond acceptors (Lipinski definition) is 5. The summed E-state index contributed by atoms with van der Waals surface area (Å²) in [6.45, 7) is 2.55. The summed E-state index contributed by atoms with van der Waals surface area (Å²) in [5.41, 5.74) is 1.15. The second-order valence-corrected chi connectivity index (χ2v) is 7.87. The van der Waals surface area contributed by atoms with E-state index in [9.17, 15) is 13.2 Å². The van der Waals surface area contributed by atoms with Gasteiger partial charge in [0.2, 0.25) is 0 Å². The molecular formula is C22H22N2O5S. The SMILES string of the molecule is CCCOc1ccc(S(=O)(=O)Oc2ccc(NC(=O)Nc3ccccc3)cc2)cc1. The van der Waals surface area contributed by atoms with E-state index >= 15 is 0 Å². The third-order valence-corrected chi connectivity index (χ3v) is 5.20. The maximum Gasteiger partial charge on any atom is 0.339 e. The Labute approximate surface area is 175 Å². The molecule has 0 saturated carbocycles. The molecule has 0 aromatic heterocycles. The van der Waals surface area contributed by atoms with E-state index in [1.54, 1.807) is 36.4 Å². The highest BCUT2D eigenvalue weighted by molar-refractivity contribution is 7.87. The lowest BCUT2D eigenvalue weighted by Crippen LogP contribution is -2.19. The van der Waals surface area contributed by atoms with Gasteiger partial charge in [-0.2, -0.15) is 8.42 Å². The molecule has 0 fully saturated rings. The van der Waals surface area contributed by atoms with Crippen LogP contribution in [0.25, 0.3) is 0 Å². The first-order valence-electron chi connectivity index (χ1n) is 9.37. The lowest BCUT2D eigenvalue weighted by atomic mass is 10.3. The van der Waals surface area contributed by atoms with Crippen molar-refractivity contribution in [1.82, 2.24) is 0 Å². The predicted molar refractivity (Wildman–Crippen MR) is 116 cm³/mol. The zero-order valence-electron chi connectivity index (χ0n) is 16.4. The zero-order valence-corrected chi connectivity index (χ0v) is 17.2. The molecule has 2 amide bonds. The predicted octanol–water partition coefficient (Wildman–Crippen LogP) is 4.89. The summed E-state index contributed by atoms with van der Waals surface area (Å²) in [6.07, 6.45) is 0.863. The van der Waals surface area contributed by atoms with E-state index in [1.165, 1.54) is 24.3 Å². The van der Waals surface area contributed by atoms with E-state index in [-0.39, 0.29) is 10.6 Å². The van der Waals surface area contributed by atoms with Crippen molar-refractivity contribution in [2.24, 2.45) is 0 Å². The van der Waals surface area contributed by atoms with E-state index in [0.29, 0.717) is 23.7 Å². The number of carbonyl (C=O) groups is 1. The van der Waals surface area contributed by atoms with Crippen LogP contribution in [-0.4, -0.2) is 21.1 Å². The van der Waals surface area contributed by atoms with Crippen molar-refractivity contribution >= 4 is 27.5 Å². The van der Waals surface area contributed by atoms with Crippen LogP contribution in [0.1, 0.15) is 13.3 Å². The van der Waals surface area contributed by atoms with Gasteiger partial charge in [-0.1, -0.05) is 25.1 Å². The van der Waals surface area contributed by atoms with Crippen molar-refractivity contribution in [3.05, 3.63) is 78.9 Å². The van der Waals surface area contributed by atoms with Gasteiger partial charge < -0.3 is 19.6 Å². The fourth-order valence-corrected chi connectivity index (χ4v) is 3.44. The van der Waals surface area contributed by atoms with Crippen molar-refractivity contribution in [1.29, 1.82) is 0 Å². The van der Waals surface area contributed by atoms with Gasteiger partial charge in [-0.3, -0.25) is 0 Å². The maximum absolute atomic E-state index is 12.5. The lowest BCUT2D eigenvalue weighted by molar-refractivity contribution is 0.262. The first-order chi connectivity index (χ1) is 14.5. The molecule has 3 aromatic rings. The van der Waals surface area contributed by atoms with Crippen LogP contribution in [0.5, 0.6) is 11.5 Å². The molecule has 0 atom stereocenters. The summed E-state index contributed by atoms with van der Waals surface area (Å²) >= 11 is 0. The van der Waals surface area contributed by atoms with Crippen LogP contribution in [0, 0.1) is 0 Å². The summed E-state index contributed by atoms with van der Waals surface area (Å²) in [6, 6.07) is 20.7. The van der Waals surface area contributed by atoms with Crippen LogP contribution in [-0.2, 0) is 10.1 Å². The second kappa shape index (κ2) is 9.80. The second-order valence-electron chi connectivity index (χ2n) is 6.33. The van der Waals surface area contributed by atoms with Gasteiger partial charge in [-0.05, 0) is 67.1 Å². The van der Waals surface area contributed by atoms with Gasteiger partial charge in [0, 0.05) is 11.4 Å². The highest BCUT2D eigenvalue weighted by Gasteiger charge is 2.17. The third-order valence-electron chi connectivity index (χ3n) is 3.94. The summed E-state index contributed by atoms with van der Waals surface area (Å²) in [4.78, 5) is 12.0. The summed E-state index contributed by atoms with van der Waals surface area (Å²) in [5.74, 6) is 0.732. The number of rotatable bonds is 8. The number of nitrogens with one attached hydrogen (secondary N) is 2. The van der Waals surface area contributed by atoms with E-state index in [2.05, 4.69) is 10.6 Å². The number of carbonyl (C=O) groups excluding carboxylic acids is 1. The average Bonchev–Trinajstić information content (AvgIpc) is 2.74. The lowest BCUT2D eigenvalue weighted by Gasteiger charge is -2.10. The van der Waals surface area contributed by atoms with Crippen LogP contribution in [0.15, 0.2) is 83.8 Å². The fraction of sp³-hybridized carbons (Fsp3) is 0.136. The Balaban J connectivity index is 1.59. The van der Waals surface area contributed by atoms with Crippen molar-refractivity contribution < 1.29 is 22.1 Å². The first-order valence-corrected chi connectivity index (χ1v) is 10.8. The van der Waals surface area contributed by atoms with Gasteiger partial charge in [0.05, 0.1) is 6.61 Å². The smallest absolute Gasteiger partial charge is 0.339 e. The van der Waals surface area contributed by atoms with Crippen molar-refractivity contribution in [3.63, 3.8) is 0 Å². The minimum atomic E-state index is -3.98. The third kappa shape index (κ3) is 5.99. The summed E-state index contributed by atoms with van der Waals surface area (Å²) in [5, 5.41) is 5.36. The molecule has 2 N–H and O–H groups in total. The number of para-hydroxylation sites is 1. The van der Waals surface area contributed by atoms with E-state index in [1.807, 2.05) is 25.1 Å². The van der Waals surface area contributed by atoms with Crippen molar-refractivity contribution in [3.8, 4) is 11.5 Å². The Hall–Kier alpha value is -3.52. The van der Waals surface area contributed by atoms with Crippen LogP contribution < -0.4 is 19.6 Å². The number of anilines is 2. The van der Waals surface area contributed by atoms with Crippen LogP contribution in [0.3, 0.4) is 0 Å². The van der Waals surface area contributed by atoms with Crippen LogP contribution in [0.2, 0.25) is 0 Å². The quantitative estimate of drug-likeness (QED) is 0.500. The zero-order chi connectivity index (χ0) is 21.4. The first kappa shape index (κ1) is 21.2. The van der Waals surface area contributed by atoms with Crippen molar-refractivity contribution in [2.75, 3.05) is 17.2 Å². The fourth-order valence-electron chi connectivity index (χ4n) is 2.51. The Morgan fingerprint density at radius 1 is 0.800 bits per heavy atom. The Morgan fingerprint density at radius 2 is 1.37 bits per heavy atom. The van der Waals surface area contributed by atoms with Gasteiger partial charge in [-0.15, -0.1) is 0 Å². The summed E-state index contributed by atoms with van der Waals surface area (Å²) < 4.78 is 35.5. The molecule has 7 nitrogen and oxygen atoms in total. The average molecular weight is 426 g/mol.